The van der Waals surface area contributed by atoms with Crippen molar-refractivity contribution in [3.63, 3.8) is 0 Å². The third-order valence-electron chi connectivity index (χ3n) is 3.57. The molecule has 86 valence electrons. The highest BCUT2D eigenvalue weighted by Gasteiger charge is 2.18. The number of nitrogens with two attached hydrogens (primary N) is 1. The molecule has 0 aliphatic heterocycles. The van der Waals surface area contributed by atoms with E-state index in [0.29, 0.717) is 0 Å². The maximum Gasteiger partial charge on any atom is 0.0722 e. The van der Waals surface area contributed by atoms with Crippen LogP contribution in [-0.4, -0.2) is 4.98 Å². The summed E-state index contributed by atoms with van der Waals surface area (Å²) in [5, 5.41) is 0. The first-order valence-electron chi connectivity index (χ1n) is 6.15. The Balaban J connectivity index is 1.88. The fourth-order valence-corrected chi connectivity index (χ4v) is 2.27. The molecule has 1 aromatic heterocycles. The van der Waals surface area contributed by atoms with Gasteiger partial charge in [-0.1, -0.05) is 30.7 Å². The van der Waals surface area contributed by atoms with E-state index in [1.807, 2.05) is 12.1 Å². The van der Waals surface area contributed by atoms with Crippen LogP contribution in [0.25, 0.3) is 11.3 Å². The van der Waals surface area contributed by atoms with Crippen LogP contribution in [0.5, 0.6) is 0 Å². The SMILES string of the molecule is Nc1ccnc(-c2ccc(C3CCC3)cc2)c1. The van der Waals surface area contributed by atoms with Crippen LogP contribution in [-0.2, 0) is 0 Å². The first-order valence-corrected chi connectivity index (χ1v) is 6.15. The van der Waals surface area contributed by atoms with E-state index in [4.69, 9.17) is 5.73 Å². The Labute approximate surface area is 102 Å². The lowest BCUT2D eigenvalue weighted by Gasteiger charge is -2.25. The summed E-state index contributed by atoms with van der Waals surface area (Å²) in [6, 6.07) is 12.5. The van der Waals surface area contributed by atoms with Crippen molar-refractivity contribution in [3.8, 4) is 11.3 Å². The highest BCUT2D eigenvalue weighted by atomic mass is 14.7. The van der Waals surface area contributed by atoms with E-state index in [2.05, 4.69) is 29.2 Å². The van der Waals surface area contributed by atoms with Crippen molar-refractivity contribution >= 4 is 5.69 Å². The molecule has 1 saturated carbocycles. The van der Waals surface area contributed by atoms with Crippen LogP contribution in [0.3, 0.4) is 0 Å². The monoisotopic (exact) mass is 224 g/mol. The quantitative estimate of drug-likeness (QED) is 0.846. The summed E-state index contributed by atoms with van der Waals surface area (Å²) in [5.74, 6) is 0.790. The number of anilines is 1. The number of pyridine rings is 1. The smallest absolute Gasteiger partial charge is 0.0722 e. The summed E-state index contributed by atoms with van der Waals surface area (Å²) in [6.45, 7) is 0. The molecule has 2 N–H and O–H groups in total. The maximum atomic E-state index is 5.76. The van der Waals surface area contributed by atoms with E-state index < -0.39 is 0 Å². The van der Waals surface area contributed by atoms with Crippen molar-refractivity contribution < 1.29 is 0 Å². The van der Waals surface area contributed by atoms with E-state index in [1.165, 1.54) is 24.8 Å². The van der Waals surface area contributed by atoms with Crippen molar-refractivity contribution in [2.75, 3.05) is 5.73 Å². The summed E-state index contributed by atoms with van der Waals surface area (Å²) >= 11 is 0. The van der Waals surface area contributed by atoms with Gasteiger partial charge in [0.1, 0.15) is 0 Å². The molecule has 0 unspecified atom stereocenters. The maximum absolute atomic E-state index is 5.76. The van der Waals surface area contributed by atoms with E-state index in [-0.39, 0.29) is 0 Å². The number of rotatable bonds is 2. The molecule has 0 spiro atoms. The van der Waals surface area contributed by atoms with Gasteiger partial charge in [0.25, 0.3) is 0 Å². The zero-order valence-electron chi connectivity index (χ0n) is 9.76. The Morgan fingerprint density at radius 2 is 1.82 bits per heavy atom. The van der Waals surface area contributed by atoms with Crippen molar-refractivity contribution in [2.45, 2.75) is 25.2 Å². The van der Waals surface area contributed by atoms with Crippen LogP contribution >= 0.6 is 0 Å². The van der Waals surface area contributed by atoms with Crippen molar-refractivity contribution in [1.82, 2.24) is 4.98 Å². The molecule has 3 rings (SSSR count). The third kappa shape index (κ3) is 2.03. The predicted molar refractivity (Wildman–Crippen MR) is 70.7 cm³/mol. The van der Waals surface area contributed by atoms with Gasteiger partial charge in [-0.2, -0.15) is 0 Å². The molecular formula is C15H16N2. The first kappa shape index (κ1) is 10.3. The lowest BCUT2D eigenvalue weighted by atomic mass is 9.80. The van der Waals surface area contributed by atoms with Gasteiger partial charge in [-0.25, -0.2) is 0 Å². The number of nitrogens with zero attached hydrogens (tertiary/aromatic N) is 1. The topological polar surface area (TPSA) is 38.9 Å². The highest BCUT2D eigenvalue weighted by Crippen LogP contribution is 2.36. The van der Waals surface area contributed by atoms with Crippen molar-refractivity contribution in [3.05, 3.63) is 48.2 Å². The molecular weight excluding hydrogens is 208 g/mol. The molecule has 2 aromatic rings. The second-order valence-electron chi connectivity index (χ2n) is 4.72. The van der Waals surface area contributed by atoms with Gasteiger partial charge < -0.3 is 5.73 Å². The fourth-order valence-electron chi connectivity index (χ4n) is 2.27. The minimum absolute atomic E-state index is 0.762. The summed E-state index contributed by atoms with van der Waals surface area (Å²) in [5.41, 5.74) is 10.1. The van der Waals surface area contributed by atoms with E-state index in [9.17, 15) is 0 Å². The highest BCUT2D eigenvalue weighted by molar-refractivity contribution is 5.63. The van der Waals surface area contributed by atoms with Gasteiger partial charge in [-0.05, 0) is 36.5 Å². The minimum atomic E-state index is 0.762. The predicted octanol–water partition coefficient (Wildman–Crippen LogP) is 3.60. The van der Waals surface area contributed by atoms with Gasteiger partial charge in [0.2, 0.25) is 0 Å². The van der Waals surface area contributed by atoms with E-state index in [0.717, 1.165) is 22.9 Å². The Morgan fingerprint density at radius 3 is 2.41 bits per heavy atom. The molecule has 17 heavy (non-hydrogen) atoms. The van der Waals surface area contributed by atoms with Gasteiger partial charge >= 0.3 is 0 Å². The van der Waals surface area contributed by atoms with E-state index in [1.54, 1.807) is 6.20 Å². The van der Waals surface area contributed by atoms with Gasteiger partial charge in [0.05, 0.1) is 5.69 Å². The summed E-state index contributed by atoms with van der Waals surface area (Å²) in [4.78, 5) is 4.34. The van der Waals surface area contributed by atoms with Gasteiger partial charge in [-0.15, -0.1) is 0 Å². The number of benzene rings is 1. The Hall–Kier alpha value is -1.83. The van der Waals surface area contributed by atoms with Crippen molar-refractivity contribution in [1.29, 1.82) is 0 Å². The molecule has 1 aliphatic rings. The normalized spacial score (nSPS) is 15.5. The minimum Gasteiger partial charge on any atom is -0.399 e. The number of hydrogen-bond acceptors (Lipinski definition) is 2. The van der Waals surface area contributed by atoms with Gasteiger partial charge in [0, 0.05) is 17.4 Å². The molecule has 1 heterocycles. The number of hydrogen-bond donors (Lipinski definition) is 1. The summed E-state index contributed by atoms with van der Waals surface area (Å²) in [7, 11) is 0. The fraction of sp³-hybridized carbons (Fsp3) is 0.267. The standard InChI is InChI=1S/C15H16N2/c16-14-8-9-17-15(10-14)13-6-4-12(5-7-13)11-2-1-3-11/h4-11H,1-3H2,(H2,16,17). The lowest BCUT2D eigenvalue weighted by Crippen LogP contribution is -2.08. The molecule has 2 heteroatoms. The molecule has 0 bridgehead atoms. The van der Waals surface area contributed by atoms with Gasteiger partial charge in [-0.3, -0.25) is 4.98 Å². The van der Waals surface area contributed by atoms with Crippen LogP contribution in [0.1, 0.15) is 30.7 Å². The summed E-state index contributed by atoms with van der Waals surface area (Å²) in [6.07, 6.45) is 5.82. The molecule has 1 aromatic carbocycles. The van der Waals surface area contributed by atoms with Crippen LogP contribution in [0.2, 0.25) is 0 Å². The largest absolute Gasteiger partial charge is 0.399 e. The molecule has 1 aliphatic carbocycles. The Morgan fingerprint density at radius 1 is 1.06 bits per heavy atom. The van der Waals surface area contributed by atoms with Crippen LogP contribution < -0.4 is 5.73 Å². The Kier molecular flexibility index (Phi) is 2.56. The van der Waals surface area contributed by atoms with E-state index >= 15 is 0 Å². The average Bonchev–Trinajstić information content (AvgIpc) is 2.28. The second-order valence-corrected chi connectivity index (χ2v) is 4.72. The number of aromatic nitrogens is 1. The molecule has 0 saturated heterocycles. The zero-order valence-corrected chi connectivity index (χ0v) is 9.76. The molecule has 0 amide bonds. The summed E-state index contributed by atoms with van der Waals surface area (Å²) < 4.78 is 0. The molecule has 1 fully saturated rings. The third-order valence-corrected chi connectivity index (χ3v) is 3.57. The molecule has 2 nitrogen and oxygen atoms in total. The molecule has 0 radical (unpaired) electrons. The second kappa shape index (κ2) is 4.21. The zero-order chi connectivity index (χ0) is 11.7. The van der Waals surface area contributed by atoms with Gasteiger partial charge in [0.15, 0.2) is 0 Å². The number of nitrogen functional groups attached to an aromatic ring is 1. The van der Waals surface area contributed by atoms with Crippen LogP contribution in [0.4, 0.5) is 5.69 Å². The Bertz CT molecular complexity index is 513. The van der Waals surface area contributed by atoms with Crippen LogP contribution in [0.15, 0.2) is 42.6 Å². The van der Waals surface area contributed by atoms with Crippen molar-refractivity contribution in [2.24, 2.45) is 0 Å². The molecule has 0 atom stereocenters. The average molecular weight is 224 g/mol. The lowest BCUT2D eigenvalue weighted by molar-refractivity contribution is 0.420. The van der Waals surface area contributed by atoms with Crippen LogP contribution in [0, 0.1) is 0 Å². The first-order chi connectivity index (χ1) is 8.33.